The predicted molar refractivity (Wildman–Crippen MR) is 85.5 cm³/mol. The first-order chi connectivity index (χ1) is 10.4. The Labute approximate surface area is 131 Å². The molecule has 0 radical (unpaired) electrons. The Morgan fingerprint density at radius 2 is 2.23 bits per heavy atom. The summed E-state index contributed by atoms with van der Waals surface area (Å²) in [5.41, 5.74) is 1.70. The normalized spacial score (nSPS) is 20.2. The average Bonchev–Trinajstić information content (AvgIpc) is 2.80. The van der Waals surface area contributed by atoms with E-state index in [2.05, 4.69) is 5.32 Å². The Kier molecular flexibility index (Phi) is 5.55. The molecule has 1 aromatic carbocycles. The van der Waals surface area contributed by atoms with Crippen molar-refractivity contribution in [2.45, 2.75) is 19.1 Å². The molecule has 1 atom stereocenters. The third-order valence-corrected chi connectivity index (χ3v) is 5.50. The van der Waals surface area contributed by atoms with Crippen molar-refractivity contribution in [1.82, 2.24) is 4.90 Å². The Morgan fingerprint density at radius 1 is 1.45 bits per heavy atom. The number of methoxy groups -OCH3 is 1. The molecule has 0 saturated carbocycles. The van der Waals surface area contributed by atoms with Gasteiger partial charge in [-0.25, -0.2) is 8.42 Å². The lowest BCUT2D eigenvalue weighted by Gasteiger charge is -2.22. The summed E-state index contributed by atoms with van der Waals surface area (Å²) in [5, 5.41) is 2.83. The zero-order valence-electron chi connectivity index (χ0n) is 12.9. The topological polar surface area (TPSA) is 75.7 Å². The largest absolute Gasteiger partial charge is 0.380 e. The van der Waals surface area contributed by atoms with Crippen molar-refractivity contribution < 1.29 is 17.9 Å². The number of sulfone groups is 1. The number of ether oxygens (including phenoxy) is 1. The van der Waals surface area contributed by atoms with Crippen LogP contribution >= 0.6 is 0 Å². The van der Waals surface area contributed by atoms with Crippen LogP contribution in [0.1, 0.15) is 12.0 Å². The van der Waals surface area contributed by atoms with Crippen LogP contribution < -0.4 is 5.32 Å². The van der Waals surface area contributed by atoms with Gasteiger partial charge in [0, 0.05) is 18.8 Å². The van der Waals surface area contributed by atoms with Crippen LogP contribution in [-0.2, 0) is 26.0 Å². The van der Waals surface area contributed by atoms with E-state index in [1.807, 2.05) is 24.3 Å². The minimum atomic E-state index is -2.93. The minimum Gasteiger partial charge on any atom is -0.380 e. The van der Waals surface area contributed by atoms with E-state index in [-0.39, 0.29) is 30.0 Å². The van der Waals surface area contributed by atoms with Crippen LogP contribution in [0, 0.1) is 0 Å². The number of benzene rings is 1. The van der Waals surface area contributed by atoms with Gasteiger partial charge in [0.1, 0.15) is 0 Å². The molecule has 1 saturated heterocycles. The van der Waals surface area contributed by atoms with Crippen LogP contribution in [0.2, 0.25) is 0 Å². The fourth-order valence-electron chi connectivity index (χ4n) is 2.58. The molecule has 0 spiro atoms. The Hall–Kier alpha value is -1.44. The molecule has 0 bridgehead atoms. The molecule has 7 heteroatoms. The fourth-order valence-corrected chi connectivity index (χ4v) is 4.39. The van der Waals surface area contributed by atoms with Crippen molar-refractivity contribution in [1.29, 1.82) is 0 Å². The summed E-state index contributed by atoms with van der Waals surface area (Å²) in [6, 6.07) is 7.39. The van der Waals surface area contributed by atoms with Gasteiger partial charge in [-0.2, -0.15) is 0 Å². The first-order valence-electron chi connectivity index (χ1n) is 7.18. The molecule has 1 amide bonds. The molecule has 6 nitrogen and oxygen atoms in total. The van der Waals surface area contributed by atoms with Gasteiger partial charge in [-0.3, -0.25) is 9.69 Å². The summed E-state index contributed by atoms with van der Waals surface area (Å²) in [6.45, 7) is 0.665. The molecule has 2 rings (SSSR count). The Bertz CT molecular complexity index is 630. The van der Waals surface area contributed by atoms with Gasteiger partial charge in [0.05, 0.1) is 24.7 Å². The van der Waals surface area contributed by atoms with Gasteiger partial charge >= 0.3 is 0 Å². The third-order valence-electron chi connectivity index (χ3n) is 3.75. The molecule has 0 aliphatic carbocycles. The number of carbonyl (C=O) groups is 1. The van der Waals surface area contributed by atoms with Crippen LogP contribution in [-0.4, -0.2) is 57.5 Å². The average molecular weight is 326 g/mol. The Morgan fingerprint density at radius 3 is 2.86 bits per heavy atom. The number of likely N-dealkylation sites (N-methyl/N-ethyl adjacent to an activating group) is 1. The highest BCUT2D eigenvalue weighted by Gasteiger charge is 2.31. The van der Waals surface area contributed by atoms with Gasteiger partial charge < -0.3 is 10.1 Å². The maximum atomic E-state index is 12.1. The van der Waals surface area contributed by atoms with E-state index < -0.39 is 9.84 Å². The number of amides is 1. The summed E-state index contributed by atoms with van der Waals surface area (Å²) in [7, 11) is 0.471. The van der Waals surface area contributed by atoms with E-state index in [4.69, 9.17) is 4.74 Å². The van der Waals surface area contributed by atoms with Gasteiger partial charge in [-0.05, 0) is 31.2 Å². The zero-order valence-corrected chi connectivity index (χ0v) is 13.7. The molecule has 1 N–H and O–H groups in total. The number of hydrogen-bond acceptors (Lipinski definition) is 5. The zero-order chi connectivity index (χ0) is 16.2. The van der Waals surface area contributed by atoms with E-state index in [1.165, 1.54) is 0 Å². The highest BCUT2D eigenvalue weighted by molar-refractivity contribution is 7.91. The van der Waals surface area contributed by atoms with Crippen molar-refractivity contribution >= 4 is 21.4 Å². The van der Waals surface area contributed by atoms with Gasteiger partial charge in [0.2, 0.25) is 5.91 Å². The number of anilines is 1. The van der Waals surface area contributed by atoms with Crippen LogP contribution in [0.25, 0.3) is 0 Å². The molecule has 1 fully saturated rings. The molecule has 1 heterocycles. The van der Waals surface area contributed by atoms with Gasteiger partial charge in [-0.15, -0.1) is 0 Å². The van der Waals surface area contributed by atoms with Gasteiger partial charge in [-0.1, -0.05) is 12.1 Å². The number of rotatable bonds is 6. The number of nitrogens with one attached hydrogen (secondary N) is 1. The standard InChI is InChI=1S/C15H22N2O4S/c1-17(14-6-7-22(19,20)11-14)9-15(18)16-13-5-3-4-12(8-13)10-21-2/h3-5,8,14H,6-7,9-11H2,1-2H3,(H,16,18)/t14-/m0/s1. The second kappa shape index (κ2) is 7.21. The van der Waals surface area contributed by atoms with E-state index in [0.717, 1.165) is 5.56 Å². The minimum absolute atomic E-state index is 0.0735. The summed E-state index contributed by atoms with van der Waals surface area (Å²) in [6.07, 6.45) is 0.593. The van der Waals surface area contributed by atoms with E-state index in [0.29, 0.717) is 18.7 Å². The van der Waals surface area contributed by atoms with Crippen molar-refractivity contribution in [2.24, 2.45) is 0 Å². The molecule has 0 aromatic heterocycles. The monoisotopic (exact) mass is 326 g/mol. The predicted octanol–water partition coefficient (Wildman–Crippen LogP) is 0.890. The van der Waals surface area contributed by atoms with E-state index in [1.54, 1.807) is 19.1 Å². The number of hydrogen-bond donors (Lipinski definition) is 1. The summed E-state index contributed by atoms with van der Waals surface area (Å²) >= 11 is 0. The van der Waals surface area contributed by atoms with E-state index >= 15 is 0 Å². The molecule has 0 unspecified atom stereocenters. The summed E-state index contributed by atoms with van der Waals surface area (Å²) in [5.74, 6) is 0.198. The van der Waals surface area contributed by atoms with E-state index in [9.17, 15) is 13.2 Å². The van der Waals surface area contributed by atoms with Crippen molar-refractivity contribution in [3.8, 4) is 0 Å². The van der Waals surface area contributed by atoms with Crippen molar-refractivity contribution in [3.63, 3.8) is 0 Å². The highest BCUT2D eigenvalue weighted by atomic mass is 32.2. The van der Waals surface area contributed by atoms with Crippen LogP contribution in [0.3, 0.4) is 0 Å². The number of nitrogens with zero attached hydrogens (tertiary/aromatic N) is 1. The second-order valence-electron chi connectivity index (χ2n) is 5.65. The quantitative estimate of drug-likeness (QED) is 0.840. The lowest BCUT2D eigenvalue weighted by atomic mass is 10.2. The second-order valence-corrected chi connectivity index (χ2v) is 7.88. The molecular formula is C15H22N2O4S. The van der Waals surface area contributed by atoms with Gasteiger partial charge in [0.25, 0.3) is 0 Å². The van der Waals surface area contributed by atoms with Crippen LogP contribution in [0.4, 0.5) is 5.69 Å². The van der Waals surface area contributed by atoms with Crippen molar-refractivity contribution in [3.05, 3.63) is 29.8 Å². The fraction of sp³-hybridized carbons (Fsp3) is 0.533. The maximum absolute atomic E-state index is 12.1. The highest BCUT2D eigenvalue weighted by Crippen LogP contribution is 2.16. The molecule has 122 valence electrons. The third kappa shape index (κ3) is 4.79. The lowest BCUT2D eigenvalue weighted by molar-refractivity contribution is -0.117. The smallest absolute Gasteiger partial charge is 0.238 e. The summed E-state index contributed by atoms with van der Waals surface area (Å²) in [4.78, 5) is 13.9. The van der Waals surface area contributed by atoms with Crippen LogP contribution in [0.5, 0.6) is 0 Å². The van der Waals surface area contributed by atoms with Crippen molar-refractivity contribution in [2.75, 3.05) is 37.5 Å². The van der Waals surface area contributed by atoms with Crippen LogP contribution in [0.15, 0.2) is 24.3 Å². The lowest BCUT2D eigenvalue weighted by Crippen LogP contribution is -2.38. The molecule has 1 aliphatic heterocycles. The van der Waals surface area contributed by atoms with Gasteiger partial charge in [0.15, 0.2) is 9.84 Å². The maximum Gasteiger partial charge on any atom is 0.238 e. The summed E-state index contributed by atoms with van der Waals surface area (Å²) < 4.78 is 28.0. The SMILES string of the molecule is COCc1cccc(NC(=O)CN(C)[C@H]2CCS(=O)(=O)C2)c1. The molecule has 22 heavy (non-hydrogen) atoms. The molecule has 1 aromatic rings. The first-order valence-corrected chi connectivity index (χ1v) is 9.00. The first kappa shape index (κ1) is 16.9. The Balaban J connectivity index is 1.88. The molecule has 1 aliphatic rings. The molecular weight excluding hydrogens is 304 g/mol. The number of carbonyl (C=O) groups excluding carboxylic acids is 1.